The first-order valence-electron chi connectivity index (χ1n) is 9.86. The predicted molar refractivity (Wildman–Crippen MR) is 114 cm³/mol. The van der Waals surface area contributed by atoms with Crippen LogP contribution >= 0.6 is 22.9 Å². The minimum absolute atomic E-state index is 0.00158. The molecule has 1 N–H and O–H groups in total. The number of fused-ring (bicyclic) bond motifs is 1. The molecule has 0 saturated carbocycles. The molecule has 2 heterocycles. The highest BCUT2D eigenvalue weighted by molar-refractivity contribution is 7.17. The van der Waals surface area contributed by atoms with Crippen LogP contribution in [0.3, 0.4) is 0 Å². The smallest absolute Gasteiger partial charge is 0.342 e. The number of carbonyl (C=O) groups excluding carboxylic acids is 3. The molecule has 1 amide bonds. The number of thiophene rings is 1. The molecule has 1 aliphatic rings. The van der Waals surface area contributed by atoms with Crippen molar-refractivity contribution in [2.75, 3.05) is 11.9 Å². The van der Waals surface area contributed by atoms with E-state index in [9.17, 15) is 14.4 Å². The number of amides is 1. The summed E-state index contributed by atoms with van der Waals surface area (Å²) < 4.78 is 10.5. The molecule has 30 heavy (non-hydrogen) atoms. The first kappa shape index (κ1) is 22.2. The van der Waals surface area contributed by atoms with E-state index in [1.54, 1.807) is 13.0 Å². The Morgan fingerprint density at radius 2 is 2.00 bits per heavy atom. The Balaban J connectivity index is 1.77. The molecule has 9 heteroatoms. The highest BCUT2D eigenvalue weighted by atomic mass is 35.5. The van der Waals surface area contributed by atoms with Crippen LogP contribution in [0.2, 0.25) is 5.15 Å². The predicted octanol–water partition coefficient (Wildman–Crippen LogP) is 4.43. The van der Waals surface area contributed by atoms with Crippen molar-refractivity contribution in [2.45, 2.75) is 52.1 Å². The van der Waals surface area contributed by atoms with Gasteiger partial charge >= 0.3 is 11.9 Å². The number of anilines is 1. The molecular weight excluding hydrogens is 428 g/mol. The number of nitrogens with zero attached hydrogens (tertiary/aromatic N) is 1. The third-order valence-electron chi connectivity index (χ3n) is 4.77. The molecule has 0 saturated heterocycles. The summed E-state index contributed by atoms with van der Waals surface area (Å²) in [7, 11) is 0. The van der Waals surface area contributed by atoms with Crippen molar-refractivity contribution in [3.05, 3.63) is 45.1 Å². The van der Waals surface area contributed by atoms with Crippen molar-refractivity contribution in [3.63, 3.8) is 0 Å². The fraction of sp³-hybridized carbons (Fsp3) is 0.429. The lowest BCUT2D eigenvalue weighted by Crippen LogP contribution is -2.30. The zero-order chi connectivity index (χ0) is 21.7. The van der Waals surface area contributed by atoms with Crippen molar-refractivity contribution in [3.8, 4) is 0 Å². The van der Waals surface area contributed by atoms with Crippen LogP contribution in [0.5, 0.6) is 0 Å². The normalized spacial score (nSPS) is 14.2. The largest absolute Gasteiger partial charge is 0.462 e. The summed E-state index contributed by atoms with van der Waals surface area (Å²) in [6.07, 6.45) is 5.15. The van der Waals surface area contributed by atoms with Gasteiger partial charge in [0.1, 0.15) is 10.2 Å². The highest BCUT2D eigenvalue weighted by Gasteiger charge is 2.28. The van der Waals surface area contributed by atoms with E-state index in [2.05, 4.69) is 10.3 Å². The second-order valence-electron chi connectivity index (χ2n) is 6.87. The minimum atomic E-state index is -1.09. The van der Waals surface area contributed by atoms with E-state index in [-0.39, 0.29) is 17.3 Å². The quantitative estimate of drug-likeness (QED) is 0.397. The van der Waals surface area contributed by atoms with Gasteiger partial charge in [-0.3, -0.25) is 4.79 Å². The number of hydrogen-bond donors (Lipinski definition) is 1. The summed E-state index contributed by atoms with van der Waals surface area (Å²) in [5, 5.41) is 3.19. The van der Waals surface area contributed by atoms with Crippen LogP contribution in [0.4, 0.5) is 5.00 Å². The Morgan fingerprint density at radius 1 is 1.23 bits per heavy atom. The standard InChI is InChI=1S/C21H23ClN2O5S/c1-3-28-21(27)16-13-8-5-4-6-10-15(13)30-19(16)24-18(25)12(2)29-20(26)14-9-7-11-23-17(14)22/h7,9,11-12H,3-6,8,10H2,1-2H3,(H,24,25). The molecule has 0 aromatic carbocycles. The number of halogens is 1. The van der Waals surface area contributed by atoms with Crippen molar-refractivity contribution in [1.82, 2.24) is 4.98 Å². The first-order chi connectivity index (χ1) is 14.4. The number of ether oxygens (including phenoxy) is 2. The van der Waals surface area contributed by atoms with E-state index in [4.69, 9.17) is 21.1 Å². The molecule has 2 aromatic rings. The van der Waals surface area contributed by atoms with Crippen LogP contribution < -0.4 is 5.32 Å². The topological polar surface area (TPSA) is 94.6 Å². The monoisotopic (exact) mass is 450 g/mol. The van der Waals surface area contributed by atoms with E-state index in [1.165, 1.54) is 30.5 Å². The molecule has 7 nitrogen and oxygen atoms in total. The number of nitrogens with one attached hydrogen (secondary N) is 1. The Morgan fingerprint density at radius 3 is 2.73 bits per heavy atom. The van der Waals surface area contributed by atoms with Gasteiger partial charge in [0.05, 0.1) is 17.7 Å². The fourth-order valence-electron chi connectivity index (χ4n) is 3.28. The van der Waals surface area contributed by atoms with Crippen LogP contribution in [-0.2, 0) is 27.1 Å². The summed E-state index contributed by atoms with van der Waals surface area (Å²) in [5.74, 6) is -1.73. The SMILES string of the molecule is CCOC(=O)c1c(NC(=O)C(C)OC(=O)c2cccnc2Cl)sc2c1CCCCC2. The molecular formula is C21H23ClN2O5S. The van der Waals surface area contributed by atoms with Gasteiger partial charge in [0.25, 0.3) is 5.91 Å². The van der Waals surface area contributed by atoms with Crippen LogP contribution in [0, 0.1) is 0 Å². The van der Waals surface area contributed by atoms with E-state index in [0.29, 0.717) is 10.6 Å². The lowest BCUT2D eigenvalue weighted by molar-refractivity contribution is -0.123. The van der Waals surface area contributed by atoms with Crippen LogP contribution in [0.1, 0.15) is 64.3 Å². The molecule has 0 radical (unpaired) electrons. The van der Waals surface area contributed by atoms with Crippen molar-refractivity contribution in [1.29, 1.82) is 0 Å². The van der Waals surface area contributed by atoms with Gasteiger partial charge in [-0.15, -0.1) is 11.3 Å². The highest BCUT2D eigenvalue weighted by Crippen LogP contribution is 2.38. The van der Waals surface area contributed by atoms with E-state index >= 15 is 0 Å². The number of aromatic nitrogens is 1. The summed E-state index contributed by atoms with van der Waals surface area (Å²) in [6, 6.07) is 3.02. The molecule has 0 spiro atoms. The summed E-state index contributed by atoms with van der Waals surface area (Å²) >= 11 is 7.29. The second kappa shape index (κ2) is 10.0. The van der Waals surface area contributed by atoms with Gasteiger partial charge in [-0.05, 0) is 57.2 Å². The molecule has 0 fully saturated rings. The molecule has 1 atom stereocenters. The maximum absolute atomic E-state index is 12.7. The average Bonchev–Trinajstić information content (AvgIpc) is 2.88. The fourth-order valence-corrected chi connectivity index (χ4v) is 4.76. The molecule has 160 valence electrons. The van der Waals surface area contributed by atoms with E-state index in [0.717, 1.165) is 42.5 Å². The van der Waals surface area contributed by atoms with Gasteiger partial charge in [-0.1, -0.05) is 18.0 Å². The number of esters is 2. The van der Waals surface area contributed by atoms with Gasteiger partial charge in [0.15, 0.2) is 6.10 Å². The molecule has 1 aliphatic carbocycles. The zero-order valence-corrected chi connectivity index (χ0v) is 18.4. The van der Waals surface area contributed by atoms with Crippen molar-refractivity contribution >= 4 is 45.8 Å². The second-order valence-corrected chi connectivity index (χ2v) is 8.33. The number of aryl methyl sites for hydroxylation is 1. The Bertz CT molecular complexity index is 959. The van der Waals surface area contributed by atoms with Crippen LogP contribution in [-0.4, -0.2) is 35.5 Å². The van der Waals surface area contributed by atoms with Gasteiger partial charge < -0.3 is 14.8 Å². The van der Waals surface area contributed by atoms with Crippen molar-refractivity contribution in [2.24, 2.45) is 0 Å². The van der Waals surface area contributed by atoms with Gasteiger partial charge in [-0.25, -0.2) is 14.6 Å². The summed E-state index contributed by atoms with van der Waals surface area (Å²) in [5.41, 5.74) is 1.45. The third kappa shape index (κ3) is 4.99. The Labute approximate surface area is 183 Å². The summed E-state index contributed by atoms with van der Waals surface area (Å²) in [6.45, 7) is 3.45. The van der Waals surface area contributed by atoms with Crippen LogP contribution in [0.15, 0.2) is 18.3 Å². The number of pyridine rings is 1. The van der Waals surface area contributed by atoms with E-state index < -0.39 is 23.9 Å². The minimum Gasteiger partial charge on any atom is -0.462 e. The Hall–Kier alpha value is -2.45. The van der Waals surface area contributed by atoms with Gasteiger partial charge in [0.2, 0.25) is 0 Å². The average molecular weight is 451 g/mol. The maximum Gasteiger partial charge on any atom is 0.342 e. The molecule has 2 aromatic heterocycles. The molecule has 1 unspecified atom stereocenters. The number of hydrogen-bond acceptors (Lipinski definition) is 7. The van der Waals surface area contributed by atoms with Crippen LogP contribution in [0.25, 0.3) is 0 Å². The summed E-state index contributed by atoms with van der Waals surface area (Å²) in [4.78, 5) is 42.5. The molecule has 0 aliphatic heterocycles. The molecule has 0 bridgehead atoms. The number of carbonyl (C=O) groups is 3. The van der Waals surface area contributed by atoms with Gasteiger partial charge in [-0.2, -0.15) is 0 Å². The number of rotatable bonds is 6. The van der Waals surface area contributed by atoms with Crippen molar-refractivity contribution < 1.29 is 23.9 Å². The lowest BCUT2D eigenvalue weighted by atomic mass is 10.1. The maximum atomic E-state index is 12.7. The third-order valence-corrected chi connectivity index (χ3v) is 6.28. The molecule has 3 rings (SSSR count). The Kier molecular flexibility index (Phi) is 7.44. The lowest BCUT2D eigenvalue weighted by Gasteiger charge is -2.14. The first-order valence-corrected chi connectivity index (χ1v) is 11.1. The van der Waals surface area contributed by atoms with E-state index in [1.807, 2.05) is 0 Å². The zero-order valence-electron chi connectivity index (χ0n) is 16.8. The van der Waals surface area contributed by atoms with Gasteiger partial charge in [0, 0.05) is 11.1 Å².